The number of anilines is 2. The SMILES string of the molecule is COC(=O)N1CCN(C(=O)C2CN(c3ccc(N)nn3)C[C@H]2C2C=CC(F)=CC2F)CCC[C@H]1c1ccc(OC)cc1. The van der Waals surface area contributed by atoms with E-state index in [1.807, 2.05) is 29.2 Å². The second-order valence-electron chi connectivity index (χ2n) is 10.8. The largest absolute Gasteiger partial charge is 0.497 e. The number of aromatic nitrogens is 2. The fourth-order valence-corrected chi connectivity index (χ4v) is 6.27. The summed E-state index contributed by atoms with van der Waals surface area (Å²) in [7, 11) is 2.94. The monoisotopic (exact) mass is 582 g/mol. The van der Waals surface area contributed by atoms with E-state index in [-0.39, 0.29) is 24.3 Å². The Kier molecular flexibility index (Phi) is 8.89. The molecule has 2 aliphatic heterocycles. The maximum atomic E-state index is 15.1. The summed E-state index contributed by atoms with van der Waals surface area (Å²) in [5, 5.41) is 8.10. The lowest BCUT2D eigenvalue weighted by Crippen LogP contribution is -2.48. The average molecular weight is 583 g/mol. The van der Waals surface area contributed by atoms with Gasteiger partial charge in [-0.25, -0.2) is 13.6 Å². The van der Waals surface area contributed by atoms with E-state index >= 15 is 4.39 Å². The van der Waals surface area contributed by atoms with Gasteiger partial charge in [-0.3, -0.25) is 9.69 Å². The van der Waals surface area contributed by atoms with Crippen LogP contribution in [0.15, 0.2) is 60.5 Å². The van der Waals surface area contributed by atoms with Crippen LogP contribution in [0.2, 0.25) is 0 Å². The number of ether oxygens (including phenoxy) is 2. The number of alkyl halides is 1. The molecule has 2 aromatic rings. The minimum Gasteiger partial charge on any atom is -0.497 e. The zero-order chi connectivity index (χ0) is 29.8. The Labute approximate surface area is 243 Å². The number of carbonyl (C=O) groups is 2. The minimum absolute atomic E-state index is 0.130. The van der Waals surface area contributed by atoms with Crippen molar-refractivity contribution in [2.24, 2.45) is 17.8 Å². The van der Waals surface area contributed by atoms with E-state index in [0.29, 0.717) is 44.8 Å². The molecule has 0 bridgehead atoms. The van der Waals surface area contributed by atoms with Crippen molar-refractivity contribution in [3.8, 4) is 5.75 Å². The van der Waals surface area contributed by atoms with E-state index in [4.69, 9.17) is 15.2 Å². The third-order valence-electron chi connectivity index (χ3n) is 8.45. The van der Waals surface area contributed by atoms with Crippen molar-refractivity contribution in [2.45, 2.75) is 25.1 Å². The molecule has 2 N–H and O–H groups in total. The zero-order valence-corrected chi connectivity index (χ0v) is 23.7. The fourth-order valence-electron chi connectivity index (χ4n) is 6.27. The van der Waals surface area contributed by atoms with Crippen LogP contribution in [0.5, 0.6) is 5.75 Å². The number of halogens is 2. The van der Waals surface area contributed by atoms with E-state index in [0.717, 1.165) is 17.4 Å². The van der Waals surface area contributed by atoms with Crippen molar-refractivity contribution in [2.75, 3.05) is 57.6 Å². The number of nitrogens with two attached hydrogens (primary N) is 1. The van der Waals surface area contributed by atoms with E-state index in [1.165, 1.54) is 19.3 Å². The second-order valence-corrected chi connectivity index (χ2v) is 10.8. The standard InChI is InChI=1S/C30H36F2N6O4/c1-41-21-8-5-19(6-9-21)26-4-3-13-36(14-15-38(26)30(40)42-2)29(39)24-18-37(28-12-11-27(33)34-35-28)17-23(24)22-10-7-20(31)16-25(22)32/h5-12,16,22-26H,3-4,13-15,17-18H2,1-2H3,(H2,33,34)/t22?,23-,24?,25?,26-/m0/s1. The summed E-state index contributed by atoms with van der Waals surface area (Å²) in [6.45, 7) is 1.69. The maximum absolute atomic E-state index is 15.1. The predicted molar refractivity (Wildman–Crippen MR) is 153 cm³/mol. The first-order valence-corrected chi connectivity index (χ1v) is 14.1. The minimum atomic E-state index is -1.56. The summed E-state index contributed by atoms with van der Waals surface area (Å²) < 4.78 is 39.3. The van der Waals surface area contributed by atoms with Crippen molar-refractivity contribution in [3.05, 3.63) is 66.0 Å². The average Bonchev–Trinajstić information content (AvgIpc) is 3.42. The summed E-state index contributed by atoms with van der Waals surface area (Å²) in [4.78, 5) is 32.3. The molecule has 1 aliphatic carbocycles. The number of benzene rings is 1. The Morgan fingerprint density at radius 1 is 1.02 bits per heavy atom. The van der Waals surface area contributed by atoms with Crippen LogP contribution < -0.4 is 15.4 Å². The zero-order valence-electron chi connectivity index (χ0n) is 23.7. The van der Waals surface area contributed by atoms with Crippen LogP contribution >= 0.6 is 0 Å². The summed E-state index contributed by atoms with van der Waals surface area (Å²) in [5.41, 5.74) is 6.66. The van der Waals surface area contributed by atoms with Gasteiger partial charge in [0.15, 0.2) is 5.82 Å². The number of rotatable bonds is 5. The highest BCUT2D eigenvalue weighted by Crippen LogP contribution is 2.39. The molecule has 224 valence electrons. The molecule has 0 spiro atoms. The topological polar surface area (TPSA) is 114 Å². The number of nitrogens with zero attached hydrogens (tertiary/aromatic N) is 5. The van der Waals surface area contributed by atoms with Gasteiger partial charge in [0.2, 0.25) is 5.91 Å². The van der Waals surface area contributed by atoms with Crippen LogP contribution in [0.3, 0.4) is 0 Å². The van der Waals surface area contributed by atoms with Gasteiger partial charge in [-0.15, -0.1) is 10.2 Å². The molecule has 5 atom stereocenters. The lowest BCUT2D eigenvalue weighted by molar-refractivity contribution is -0.137. The van der Waals surface area contributed by atoms with Gasteiger partial charge >= 0.3 is 6.09 Å². The summed E-state index contributed by atoms with van der Waals surface area (Å²) in [5.74, 6) is -0.910. The number of hydrogen-bond acceptors (Lipinski definition) is 8. The molecule has 2 amide bonds. The van der Waals surface area contributed by atoms with Gasteiger partial charge < -0.3 is 25.0 Å². The summed E-state index contributed by atoms with van der Waals surface area (Å²) >= 11 is 0. The van der Waals surface area contributed by atoms with E-state index in [1.54, 1.807) is 29.0 Å². The fraction of sp³-hybridized carbons (Fsp3) is 0.467. The number of nitrogen functional groups attached to an aromatic ring is 1. The summed E-state index contributed by atoms with van der Waals surface area (Å²) in [6, 6.07) is 10.7. The first-order chi connectivity index (χ1) is 20.3. The van der Waals surface area contributed by atoms with Crippen molar-refractivity contribution < 1.29 is 27.8 Å². The van der Waals surface area contributed by atoms with Gasteiger partial charge in [-0.05, 0) is 60.7 Å². The van der Waals surface area contributed by atoms with E-state index in [9.17, 15) is 14.0 Å². The smallest absolute Gasteiger partial charge is 0.410 e. The highest BCUT2D eigenvalue weighted by molar-refractivity contribution is 5.81. The van der Waals surface area contributed by atoms with Gasteiger partial charge in [0.1, 0.15) is 23.6 Å². The van der Waals surface area contributed by atoms with Crippen LogP contribution in [-0.2, 0) is 9.53 Å². The Morgan fingerprint density at radius 3 is 2.48 bits per heavy atom. The first kappa shape index (κ1) is 29.3. The third-order valence-corrected chi connectivity index (χ3v) is 8.45. The second kappa shape index (κ2) is 12.7. The van der Waals surface area contributed by atoms with Crippen LogP contribution in [0.4, 0.5) is 25.2 Å². The molecule has 3 unspecified atom stereocenters. The Balaban J connectivity index is 1.36. The molecule has 5 rings (SSSR count). The van der Waals surface area contributed by atoms with Crippen molar-refractivity contribution in [1.82, 2.24) is 20.0 Å². The normalized spacial score (nSPS) is 26.3. The van der Waals surface area contributed by atoms with Crippen molar-refractivity contribution >= 4 is 23.6 Å². The van der Waals surface area contributed by atoms with Gasteiger partial charge in [0.25, 0.3) is 0 Å². The molecular formula is C30H36F2N6O4. The third kappa shape index (κ3) is 6.17. The van der Waals surface area contributed by atoms with Crippen molar-refractivity contribution in [1.29, 1.82) is 0 Å². The number of carbonyl (C=O) groups excluding carboxylic acids is 2. The molecule has 2 saturated heterocycles. The van der Waals surface area contributed by atoms with Crippen LogP contribution in [0.1, 0.15) is 24.4 Å². The molecule has 42 heavy (non-hydrogen) atoms. The molecule has 1 aromatic carbocycles. The van der Waals surface area contributed by atoms with Crippen molar-refractivity contribution in [3.63, 3.8) is 0 Å². The molecule has 0 saturated carbocycles. The van der Waals surface area contributed by atoms with Crippen LogP contribution in [-0.4, -0.2) is 85.1 Å². The molecule has 3 heterocycles. The van der Waals surface area contributed by atoms with E-state index < -0.39 is 35.8 Å². The van der Waals surface area contributed by atoms with Gasteiger partial charge in [0, 0.05) is 38.6 Å². The molecule has 3 aliphatic rings. The molecule has 10 nitrogen and oxygen atoms in total. The number of allylic oxidation sites excluding steroid dienone is 4. The molecular weight excluding hydrogens is 546 g/mol. The first-order valence-electron chi connectivity index (χ1n) is 14.1. The molecule has 0 radical (unpaired) electrons. The lowest BCUT2D eigenvalue weighted by atomic mass is 9.78. The lowest BCUT2D eigenvalue weighted by Gasteiger charge is -2.38. The summed E-state index contributed by atoms with van der Waals surface area (Å²) in [6.07, 6.45) is 2.98. The Morgan fingerprint density at radius 2 is 1.81 bits per heavy atom. The number of amides is 2. The van der Waals surface area contributed by atoms with Gasteiger partial charge in [-0.2, -0.15) is 0 Å². The highest BCUT2D eigenvalue weighted by atomic mass is 19.1. The molecule has 12 heteroatoms. The van der Waals surface area contributed by atoms with Crippen LogP contribution in [0.25, 0.3) is 0 Å². The van der Waals surface area contributed by atoms with Crippen LogP contribution in [0, 0.1) is 17.8 Å². The van der Waals surface area contributed by atoms with Gasteiger partial charge in [0.05, 0.1) is 26.2 Å². The highest BCUT2D eigenvalue weighted by Gasteiger charge is 2.46. The number of hydrogen-bond donors (Lipinski definition) is 1. The maximum Gasteiger partial charge on any atom is 0.410 e. The Hall–Kier alpha value is -4.22. The molecule has 1 aromatic heterocycles. The quantitative estimate of drug-likeness (QED) is 0.564. The van der Waals surface area contributed by atoms with Gasteiger partial charge in [-0.1, -0.05) is 18.2 Å². The Bertz CT molecular complexity index is 1320. The molecule has 2 fully saturated rings. The van der Waals surface area contributed by atoms with E-state index in [2.05, 4.69) is 10.2 Å². The number of methoxy groups -OCH3 is 2. The predicted octanol–water partition coefficient (Wildman–Crippen LogP) is 3.93.